The molecule has 0 amide bonds. The average molecular weight is 391 g/mol. The van der Waals surface area contributed by atoms with Crippen LogP contribution in [0.3, 0.4) is 0 Å². The summed E-state index contributed by atoms with van der Waals surface area (Å²) in [6.45, 7) is 0. The van der Waals surface area contributed by atoms with Gasteiger partial charge in [0.25, 0.3) is 5.56 Å². The number of aromatic nitrogens is 3. The summed E-state index contributed by atoms with van der Waals surface area (Å²) in [7, 11) is 3.23. The minimum Gasteiger partial charge on any atom is -0.496 e. The van der Waals surface area contributed by atoms with E-state index in [0.717, 1.165) is 16.9 Å². The van der Waals surface area contributed by atoms with Crippen LogP contribution in [-0.4, -0.2) is 28.8 Å². The third kappa shape index (κ3) is 3.27. The fourth-order valence-electron chi connectivity index (χ4n) is 2.83. The number of ether oxygens (including phenoxy) is 2. The van der Waals surface area contributed by atoms with Gasteiger partial charge in [-0.05, 0) is 24.3 Å². The van der Waals surface area contributed by atoms with Gasteiger partial charge in [-0.15, -0.1) is 5.10 Å². The van der Waals surface area contributed by atoms with E-state index in [0.29, 0.717) is 21.1 Å². The molecule has 0 atom stereocenters. The molecule has 4 rings (SSSR count). The van der Waals surface area contributed by atoms with Crippen molar-refractivity contribution >= 4 is 28.4 Å². The fraction of sp³-hybridized carbons (Fsp3) is 0.0952. The van der Waals surface area contributed by atoms with Crippen molar-refractivity contribution < 1.29 is 9.47 Å². The van der Waals surface area contributed by atoms with Crippen LogP contribution in [0.15, 0.2) is 59.4 Å². The fourth-order valence-corrected chi connectivity index (χ4v) is 3.69. The second-order valence-electron chi connectivity index (χ2n) is 5.87. The molecular weight excluding hydrogens is 374 g/mol. The van der Waals surface area contributed by atoms with Crippen molar-refractivity contribution in [3.05, 3.63) is 75.1 Å². The van der Waals surface area contributed by atoms with Gasteiger partial charge in [0.2, 0.25) is 4.96 Å². The van der Waals surface area contributed by atoms with Crippen molar-refractivity contribution in [3.8, 4) is 22.9 Å². The molecule has 0 N–H and O–H groups in total. The smallest absolute Gasteiger partial charge is 0.291 e. The Morgan fingerprint density at radius 2 is 1.71 bits per heavy atom. The molecule has 0 aliphatic heterocycles. The average Bonchev–Trinajstić information content (AvgIpc) is 3.28. The van der Waals surface area contributed by atoms with Gasteiger partial charge in [0.1, 0.15) is 11.5 Å². The first-order chi connectivity index (χ1) is 13.7. The van der Waals surface area contributed by atoms with Crippen LogP contribution in [0.2, 0.25) is 0 Å². The first-order valence-electron chi connectivity index (χ1n) is 8.55. The van der Waals surface area contributed by atoms with E-state index in [1.54, 1.807) is 20.3 Å². The molecular formula is C21H17N3O3S. The van der Waals surface area contributed by atoms with E-state index in [1.165, 1.54) is 15.9 Å². The number of nitrogens with zero attached hydrogens (tertiary/aromatic N) is 3. The third-order valence-corrected chi connectivity index (χ3v) is 5.17. The van der Waals surface area contributed by atoms with Crippen molar-refractivity contribution in [1.29, 1.82) is 0 Å². The number of fused-ring (bicyclic) bond motifs is 1. The molecule has 0 saturated heterocycles. The predicted octanol–water partition coefficient (Wildman–Crippen LogP) is 3.05. The topological polar surface area (TPSA) is 65.7 Å². The maximum atomic E-state index is 12.6. The molecule has 0 fully saturated rings. The second-order valence-corrected chi connectivity index (χ2v) is 6.88. The summed E-state index contributed by atoms with van der Waals surface area (Å²) in [6.07, 6.45) is 5.48. The van der Waals surface area contributed by atoms with Crippen LogP contribution in [0.1, 0.15) is 5.56 Å². The maximum Gasteiger partial charge on any atom is 0.291 e. The molecule has 0 aliphatic carbocycles. The largest absolute Gasteiger partial charge is 0.496 e. The van der Waals surface area contributed by atoms with Gasteiger partial charge in [0.05, 0.1) is 24.3 Å². The lowest BCUT2D eigenvalue weighted by atomic mass is 10.2. The van der Waals surface area contributed by atoms with Crippen LogP contribution in [0.5, 0.6) is 11.5 Å². The highest BCUT2D eigenvalue weighted by Crippen LogP contribution is 2.27. The van der Waals surface area contributed by atoms with Gasteiger partial charge in [-0.1, -0.05) is 53.8 Å². The van der Waals surface area contributed by atoms with Crippen molar-refractivity contribution in [3.63, 3.8) is 0 Å². The molecule has 4 aromatic rings. The Morgan fingerprint density at radius 3 is 2.46 bits per heavy atom. The number of benzene rings is 2. The van der Waals surface area contributed by atoms with Gasteiger partial charge in [-0.2, -0.15) is 9.50 Å². The van der Waals surface area contributed by atoms with E-state index in [4.69, 9.17) is 9.47 Å². The summed E-state index contributed by atoms with van der Waals surface area (Å²) in [5.74, 6) is 1.91. The monoisotopic (exact) mass is 391 g/mol. The number of hydrogen-bond acceptors (Lipinski definition) is 6. The van der Waals surface area contributed by atoms with Crippen LogP contribution in [0.4, 0.5) is 0 Å². The lowest BCUT2D eigenvalue weighted by Crippen LogP contribution is -2.23. The molecule has 2 aromatic heterocycles. The van der Waals surface area contributed by atoms with Gasteiger partial charge >= 0.3 is 0 Å². The molecule has 0 spiro atoms. The Balaban J connectivity index is 1.70. The van der Waals surface area contributed by atoms with Crippen molar-refractivity contribution in [2.75, 3.05) is 14.2 Å². The normalized spacial score (nSPS) is 12.1. The predicted molar refractivity (Wildman–Crippen MR) is 111 cm³/mol. The molecule has 0 radical (unpaired) electrons. The number of allylic oxidation sites excluding steroid dienone is 1. The summed E-state index contributed by atoms with van der Waals surface area (Å²) in [4.78, 5) is 17.7. The number of para-hydroxylation sites is 2. The number of rotatable bonds is 5. The van der Waals surface area contributed by atoms with Gasteiger partial charge in [0.15, 0.2) is 5.82 Å². The summed E-state index contributed by atoms with van der Waals surface area (Å²) in [5, 5.41) is 4.36. The van der Waals surface area contributed by atoms with Crippen LogP contribution in [0, 0.1) is 0 Å². The standard InChI is InChI=1S/C21H17N3O3S/c1-26-16-11-5-3-8-14(16)9-7-13-18-20(25)24-21(28-18)22-19(23-24)15-10-4-6-12-17(15)27-2/h3-13H,1-2H3/b9-7+,18-13-. The number of hydrogen-bond donors (Lipinski definition) is 0. The van der Waals surface area contributed by atoms with Gasteiger partial charge in [0, 0.05) is 5.56 Å². The summed E-state index contributed by atoms with van der Waals surface area (Å²) in [5.41, 5.74) is 1.49. The molecule has 2 heterocycles. The minimum absolute atomic E-state index is 0.196. The van der Waals surface area contributed by atoms with Gasteiger partial charge < -0.3 is 9.47 Å². The highest BCUT2D eigenvalue weighted by atomic mass is 32.1. The van der Waals surface area contributed by atoms with Crippen molar-refractivity contribution in [2.45, 2.75) is 0 Å². The molecule has 0 saturated carbocycles. The summed E-state index contributed by atoms with van der Waals surface area (Å²) >= 11 is 1.30. The van der Waals surface area contributed by atoms with E-state index in [9.17, 15) is 4.79 Å². The zero-order valence-corrected chi connectivity index (χ0v) is 16.1. The molecule has 0 bridgehead atoms. The van der Waals surface area contributed by atoms with E-state index < -0.39 is 0 Å². The Morgan fingerprint density at radius 1 is 1.00 bits per heavy atom. The molecule has 140 valence electrons. The lowest BCUT2D eigenvalue weighted by Gasteiger charge is -2.03. The van der Waals surface area contributed by atoms with Crippen LogP contribution in [0.25, 0.3) is 28.5 Å². The lowest BCUT2D eigenvalue weighted by molar-refractivity contribution is 0.414. The first-order valence-corrected chi connectivity index (χ1v) is 9.37. The summed E-state index contributed by atoms with van der Waals surface area (Å²) < 4.78 is 12.6. The highest BCUT2D eigenvalue weighted by molar-refractivity contribution is 7.15. The number of thiazole rings is 1. The zero-order valence-electron chi connectivity index (χ0n) is 15.3. The molecule has 0 aliphatic rings. The van der Waals surface area contributed by atoms with Crippen LogP contribution >= 0.6 is 11.3 Å². The summed E-state index contributed by atoms with van der Waals surface area (Å²) in [6, 6.07) is 15.1. The Kier molecular flexibility index (Phi) is 4.90. The third-order valence-electron chi connectivity index (χ3n) is 4.19. The van der Waals surface area contributed by atoms with Crippen molar-refractivity contribution in [1.82, 2.24) is 14.6 Å². The molecule has 0 unspecified atom stereocenters. The molecule has 6 nitrogen and oxygen atoms in total. The quantitative estimate of drug-likeness (QED) is 0.523. The number of methoxy groups -OCH3 is 2. The SMILES string of the molecule is COc1ccccc1/C=C/C=c1\sc2nc(-c3ccccc3OC)nn2c1=O. The molecule has 28 heavy (non-hydrogen) atoms. The molecule has 2 aromatic carbocycles. The van der Waals surface area contributed by atoms with Crippen LogP contribution in [-0.2, 0) is 0 Å². The second kappa shape index (κ2) is 7.66. The maximum absolute atomic E-state index is 12.6. The Hall–Kier alpha value is -3.45. The van der Waals surface area contributed by atoms with E-state index in [1.807, 2.05) is 60.7 Å². The van der Waals surface area contributed by atoms with E-state index in [-0.39, 0.29) is 5.56 Å². The van der Waals surface area contributed by atoms with Gasteiger partial charge in [-0.3, -0.25) is 4.79 Å². The molecule has 7 heteroatoms. The van der Waals surface area contributed by atoms with E-state index in [2.05, 4.69) is 10.1 Å². The zero-order chi connectivity index (χ0) is 19.5. The van der Waals surface area contributed by atoms with Crippen molar-refractivity contribution in [2.24, 2.45) is 0 Å². The van der Waals surface area contributed by atoms with Crippen LogP contribution < -0.4 is 19.6 Å². The highest BCUT2D eigenvalue weighted by Gasteiger charge is 2.14. The van der Waals surface area contributed by atoms with E-state index >= 15 is 0 Å². The Labute approximate surface area is 165 Å². The van der Waals surface area contributed by atoms with Gasteiger partial charge in [-0.25, -0.2) is 0 Å². The Bertz CT molecular complexity index is 1270. The first kappa shape index (κ1) is 17.9. The minimum atomic E-state index is -0.196.